The molecular weight excluding hydrogens is 563 g/mol. The van der Waals surface area contributed by atoms with E-state index in [1.165, 1.54) is 6.07 Å². The van der Waals surface area contributed by atoms with E-state index in [4.69, 9.17) is 24.7 Å². The van der Waals surface area contributed by atoms with Crippen LogP contribution in [0.25, 0.3) is 11.0 Å². The van der Waals surface area contributed by atoms with Gasteiger partial charge in [-0.3, -0.25) is 4.90 Å². The third-order valence-electron chi connectivity index (χ3n) is 9.06. The highest BCUT2D eigenvalue weighted by Crippen LogP contribution is 2.35. The highest BCUT2D eigenvalue weighted by molar-refractivity contribution is 5.92. The van der Waals surface area contributed by atoms with Crippen LogP contribution < -0.4 is 9.64 Å². The number of likely N-dealkylation sites (tertiary alicyclic amines) is 1. The number of ether oxygens (including phenoxy) is 2. The van der Waals surface area contributed by atoms with Gasteiger partial charge in [-0.1, -0.05) is 12.1 Å². The Kier molecular flexibility index (Phi) is 7.62. The Bertz CT molecular complexity index is 1730. The minimum absolute atomic E-state index is 0.0321. The first-order chi connectivity index (χ1) is 21.4. The molecule has 11 heteroatoms. The molecule has 0 bridgehead atoms. The second kappa shape index (κ2) is 11.9. The number of carboxylic acid groups (broad SMARTS) is 1. The normalized spacial score (nSPS) is 21.5. The molecule has 0 saturated carbocycles. The highest BCUT2D eigenvalue weighted by Gasteiger charge is 2.41. The van der Waals surface area contributed by atoms with Crippen LogP contribution in [0, 0.1) is 34.9 Å². The van der Waals surface area contributed by atoms with Crippen molar-refractivity contribution < 1.29 is 23.8 Å². The minimum Gasteiger partial charge on any atom is -0.478 e. The van der Waals surface area contributed by atoms with Gasteiger partial charge in [0.05, 0.1) is 41.4 Å². The van der Waals surface area contributed by atoms with Gasteiger partial charge in [0, 0.05) is 56.9 Å². The number of hydrogen-bond donors (Lipinski definition) is 1. The van der Waals surface area contributed by atoms with Crippen molar-refractivity contribution in [3.05, 3.63) is 82.9 Å². The van der Waals surface area contributed by atoms with Crippen molar-refractivity contribution in [2.75, 3.05) is 44.3 Å². The molecule has 4 aromatic rings. The summed E-state index contributed by atoms with van der Waals surface area (Å²) >= 11 is 0. The summed E-state index contributed by atoms with van der Waals surface area (Å²) in [6.45, 7) is 6.67. The number of carbonyl (C=O) groups is 1. The molecule has 0 radical (unpaired) electrons. The van der Waals surface area contributed by atoms with E-state index in [0.717, 1.165) is 68.4 Å². The Morgan fingerprint density at radius 3 is 2.66 bits per heavy atom. The maximum atomic E-state index is 14.3. The molecule has 0 aliphatic carbocycles. The average molecular weight is 597 g/mol. The summed E-state index contributed by atoms with van der Waals surface area (Å²) in [4.78, 5) is 26.1. The molecule has 44 heavy (non-hydrogen) atoms. The van der Waals surface area contributed by atoms with Gasteiger partial charge in [0.25, 0.3) is 0 Å². The third kappa shape index (κ3) is 5.70. The van der Waals surface area contributed by atoms with Gasteiger partial charge in [0.15, 0.2) is 0 Å². The smallest absolute Gasteiger partial charge is 0.335 e. The number of fused-ring (bicyclic) bond motifs is 2. The van der Waals surface area contributed by atoms with Gasteiger partial charge in [-0.05, 0) is 54.7 Å². The number of aromatic nitrogens is 3. The minimum atomic E-state index is -0.936. The lowest BCUT2D eigenvalue weighted by Gasteiger charge is -2.23. The Labute approximate surface area is 254 Å². The van der Waals surface area contributed by atoms with Crippen molar-refractivity contribution in [3.8, 4) is 11.9 Å². The van der Waals surface area contributed by atoms with Crippen LogP contribution in [-0.4, -0.2) is 69.9 Å². The van der Waals surface area contributed by atoms with Gasteiger partial charge in [-0.15, -0.1) is 0 Å². The average Bonchev–Trinajstić information content (AvgIpc) is 3.82. The van der Waals surface area contributed by atoms with E-state index in [2.05, 4.69) is 14.4 Å². The van der Waals surface area contributed by atoms with Crippen LogP contribution in [0.3, 0.4) is 0 Å². The number of aromatic carboxylic acids is 1. The zero-order valence-corrected chi connectivity index (χ0v) is 24.2. The lowest BCUT2D eigenvalue weighted by Crippen LogP contribution is -2.30. The molecule has 2 aromatic carbocycles. The lowest BCUT2D eigenvalue weighted by molar-refractivity contribution is 0.0697. The second-order valence-corrected chi connectivity index (χ2v) is 12.0. The van der Waals surface area contributed by atoms with Crippen molar-refractivity contribution in [2.24, 2.45) is 17.8 Å². The number of rotatable bonds is 9. The van der Waals surface area contributed by atoms with Crippen molar-refractivity contribution in [1.29, 1.82) is 5.26 Å². The van der Waals surface area contributed by atoms with Gasteiger partial charge in [-0.2, -0.15) is 10.2 Å². The molecule has 3 aliphatic heterocycles. The number of nitriles is 1. The van der Waals surface area contributed by atoms with Crippen molar-refractivity contribution in [1.82, 2.24) is 19.4 Å². The number of pyridine rings is 1. The summed E-state index contributed by atoms with van der Waals surface area (Å²) in [7, 11) is 0. The molecule has 1 N–H and O–H groups in total. The number of carboxylic acids is 1. The quantitative estimate of drug-likeness (QED) is 0.301. The van der Waals surface area contributed by atoms with Gasteiger partial charge >= 0.3 is 5.97 Å². The maximum absolute atomic E-state index is 14.3. The van der Waals surface area contributed by atoms with Crippen molar-refractivity contribution >= 4 is 22.8 Å². The van der Waals surface area contributed by atoms with E-state index in [9.17, 15) is 14.3 Å². The number of hydrogen-bond acceptors (Lipinski definition) is 8. The molecule has 0 spiro atoms. The van der Waals surface area contributed by atoms with E-state index in [0.29, 0.717) is 42.3 Å². The summed E-state index contributed by atoms with van der Waals surface area (Å²) in [5, 5.41) is 18.5. The van der Waals surface area contributed by atoms with Crippen LogP contribution in [0.4, 0.5) is 10.2 Å². The largest absolute Gasteiger partial charge is 0.478 e. The summed E-state index contributed by atoms with van der Waals surface area (Å²) in [5.74, 6) is 2.22. The molecule has 3 atom stereocenters. The molecule has 3 aliphatic rings. The monoisotopic (exact) mass is 596 g/mol. The van der Waals surface area contributed by atoms with Crippen LogP contribution in [0.5, 0.6) is 5.88 Å². The van der Waals surface area contributed by atoms with Crippen LogP contribution >= 0.6 is 0 Å². The molecular formula is C33H33FN6O4. The molecule has 7 rings (SSSR count). The van der Waals surface area contributed by atoms with Crippen molar-refractivity contribution in [3.63, 3.8) is 0 Å². The van der Waals surface area contributed by atoms with E-state index in [1.54, 1.807) is 30.3 Å². The first-order valence-corrected chi connectivity index (χ1v) is 15.0. The molecule has 3 fully saturated rings. The number of nitrogens with zero attached hydrogens (tertiary/aromatic N) is 6. The Balaban J connectivity index is 1.00. The summed E-state index contributed by atoms with van der Waals surface area (Å²) in [6, 6.07) is 17.1. The molecule has 2 aromatic heterocycles. The predicted molar refractivity (Wildman–Crippen MR) is 160 cm³/mol. The predicted octanol–water partition coefficient (Wildman–Crippen LogP) is 4.32. The summed E-state index contributed by atoms with van der Waals surface area (Å²) < 4.78 is 27.9. The van der Waals surface area contributed by atoms with E-state index in [1.807, 2.05) is 24.3 Å². The third-order valence-corrected chi connectivity index (χ3v) is 9.06. The fraction of sp³-hybridized carbons (Fsp3) is 0.394. The number of anilines is 1. The van der Waals surface area contributed by atoms with E-state index >= 15 is 0 Å². The van der Waals surface area contributed by atoms with E-state index < -0.39 is 11.8 Å². The van der Waals surface area contributed by atoms with Gasteiger partial charge in [-0.25, -0.2) is 14.2 Å². The zero-order chi connectivity index (χ0) is 30.2. The SMILES string of the molecule is N#Cc1ccc(COc2cccc(N3CC4CN(Cc5nc6ccc(C(=O)O)cc6n5CC5CCOC5)CC4C3)n2)c(F)c1. The highest BCUT2D eigenvalue weighted by atomic mass is 19.1. The molecule has 3 saturated heterocycles. The zero-order valence-electron chi connectivity index (χ0n) is 24.2. The molecule has 226 valence electrons. The van der Waals surface area contributed by atoms with Gasteiger partial charge in [0.2, 0.25) is 5.88 Å². The maximum Gasteiger partial charge on any atom is 0.335 e. The number of imidazole rings is 1. The van der Waals surface area contributed by atoms with Crippen LogP contribution in [-0.2, 0) is 24.4 Å². The number of halogens is 1. The molecule has 10 nitrogen and oxygen atoms in total. The standard InChI is InChI=1S/C33H33FN6O4/c34-27-10-21(12-35)4-5-24(27)20-44-32-3-1-2-30(37-32)39-16-25-14-38(15-26(25)17-39)18-31-36-28-7-6-23(33(41)42)11-29(28)40(31)13-22-8-9-43-19-22/h1-7,10-11,22,25-26H,8-9,13-20H2,(H,41,42). The topological polar surface area (TPSA) is 117 Å². The number of benzene rings is 2. The first-order valence-electron chi connectivity index (χ1n) is 15.0. The molecule has 3 unspecified atom stereocenters. The summed E-state index contributed by atoms with van der Waals surface area (Å²) in [6.07, 6.45) is 0.994. The Morgan fingerprint density at radius 1 is 1.09 bits per heavy atom. The Morgan fingerprint density at radius 2 is 1.93 bits per heavy atom. The van der Waals surface area contributed by atoms with Gasteiger partial charge in [0.1, 0.15) is 24.1 Å². The van der Waals surface area contributed by atoms with Crippen LogP contribution in [0.15, 0.2) is 54.6 Å². The molecule has 0 amide bonds. The fourth-order valence-corrected chi connectivity index (χ4v) is 6.77. The lowest BCUT2D eigenvalue weighted by atomic mass is 10.0. The van der Waals surface area contributed by atoms with E-state index in [-0.39, 0.29) is 17.7 Å². The van der Waals surface area contributed by atoms with Crippen LogP contribution in [0.2, 0.25) is 0 Å². The van der Waals surface area contributed by atoms with Crippen LogP contribution in [0.1, 0.15) is 33.7 Å². The Hall–Kier alpha value is -4.53. The summed E-state index contributed by atoms with van der Waals surface area (Å²) in [5.41, 5.74) is 2.61. The fourth-order valence-electron chi connectivity index (χ4n) is 6.77. The first kappa shape index (κ1) is 28.3. The van der Waals surface area contributed by atoms with Gasteiger partial charge < -0.3 is 24.0 Å². The molecule has 5 heterocycles. The second-order valence-electron chi connectivity index (χ2n) is 12.0. The van der Waals surface area contributed by atoms with Crippen molar-refractivity contribution in [2.45, 2.75) is 26.1 Å².